The molecule has 0 atom stereocenters. The fourth-order valence-corrected chi connectivity index (χ4v) is 3.40. The van der Waals surface area contributed by atoms with E-state index >= 15 is 0 Å². The normalized spacial score (nSPS) is 11.2. The molecule has 7 heteroatoms. The molecule has 6 nitrogen and oxygen atoms in total. The van der Waals surface area contributed by atoms with Gasteiger partial charge in [0, 0.05) is 19.2 Å². The summed E-state index contributed by atoms with van der Waals surface area (Å²) in [6, 6.07) is 11.5. The Morgan fingerprint density at radius 1 is 1.08 bits per heavy atom. The van der Waals surface area contributed by atoms with Crippen LogP contribution >= 0.6 is 0 Å². The number of carbonyl (C=O) groups excluding carboxylic acids is 1. The van der Waals surface area contributed by atoms with Crippen LogP contribution < -0.4 is 10.0 Å². The second-order valence-corrected chi connectivity index (χ2v) is 7.33. The number of hydrogen-bond acceptors (Lipinski definition) is 4. The number of methoxy groups -OCH3 is 1. The van der Waals surface area contributed by atoms with Crippen molar-refractivity contribution in [2.75, 3.05) is 25.0 Å². The summed E-state index contributed by atoms with van der Waals surface area (Å²) < 4.78 is 32.5. The molecule has 0 saturated carbocycles. The highest BCUT2D eigenvalue weighted by molar-refractivity contribution is 7.92. The number of anilines is 1. The molecule has 0 aliphatic heterocycles. The summed E-state index contributed by atoms with van der Waals surface area (Å²) in [6.45, 7) is 4.39. The van der Waals surface area contributed by atoms with Crippen molar-refractivity contribution in [1.82, 2.24) is 5.32 Å². The molecule has 2 rings (SSSR count). The van der Waals surface area contributed by atoms with Crippen molar-refractivity contribution < 1.29 is 17.9 Å². The smallest absolute Gasteiger partial charge is 0.261 e. The molecule has 134 valence electrons. The zero-order valence-electron chi connectivity index (χ0n) is 14.5. The maximum absolute atomic E-state index is 12.5. The molecule has 2 N–H and O–H groups in total. The van der Waals surface area contributed by atoms with Gasteiger partial charge >= 0.3 is 0 Å². The fourth-order valence-electron chi connectivity index (χ4n) is 2.28. The van der Waals surface area contributed by atoms with Crippen molar-refractivity contribution in [3.8, 4) is 0 Å². The van der Waals surface area contributed by atoms with Gasteiger partial charge in [0.15, 0.2) is 0 Å². The molecule has 2 aromatic carbocycles. The van der Waals surface area contributed by atoms with Crippen molar-refractivity contribution in [3.63, 3.8) is 0 Å². The Kier molecular flexibility index (Phi) is 6.17. The van der Waals surface area contributed by atoms with E-state index in [4.69, 9.17) is 4.74 Å². The van der Waals surface area contributed by atoms with Crippen LogP contribution in [0.4, 0.5) is 5.69 Å². The zero-order chi connectivity index (χ0) is 18.4. The Bertz CT molecular complexity index is 846. The Labute approximate surface area is 148 Å². The number of rotatable bonds is 7. The highest BCUT2D eigenvalue weighted by atomic mass is 32.2. The first-order valence-corrected chi connectivity index (χ1v) is 9.29. The van der Waals surface area contributed by atoms with Gasteiger partial charge in [0.05, 0.1) is 17.2 Å². The third kappa shape index (κ3) is 4.80. The van der Waals surface area contributed by atoms with Crippen molar-refractivity contribution in [3.05, 3.63) is 59.2 Å². The molecule has 0 aliphatic rings. The highest BCUT2D eigenvalue weighted by Crippen LogP contribution is 2.22. The van der Waals surface area contributed by atoms with Gasteiger partial charge in [-0.3, -0.25) is 9.52 Å². The zero-order valence-corrected chi connectivity index (χ0v) is 15.3. The van der Waals surface area contributed by atoms with Crippen molar-refractivity contribution >= 4 is 21.6 Å². The average molecular weight is 362 g/mol. The Morgan fingerprint density at radius 2 is 1.76 bits per heavy atom. The van der Waals surface area contributed by atoms with Gasteiger partial charge in [-0.25, -0.2) is 8.42 Å². The Hall–Kier alpha value is -2.38. The first-order valence-electron chi connectivity index (χ1n) is 7.81. The topological polar surface area (TPSA) is 84.5 Å². The summed E-state index contributed by atoms with van der Waals surface area (Å²) in [5.74, 6) is -0.272. The number of sulfonamides is 1. The quantitative estimate of drug-likeness (QED) is 0.741. The lowest BCUT2D eigenvalue weighted by molar-refractivity contribution is 0.0936. The van der Waals surface area contributed by atoms with Gasteiger partial charge in [0.2, 0.25) is 0 Å². The van der Waals surface area contributed by atoms with E-state index < -0.39 is 10.0 Å². The second kappa shape index (κ2) is 8.13. The van der Waals surface area contributed by atoms with E-state index in [2.05, 4.69) is 10.0 Å². The maximum atomic E-state index is 12.5. The lowest BCUT2D eigenvalue weighted by atomic mass is 10.1. The molecule has 0 spiro atoms. The standard InChI is InChI=1S/C18H22N2O4S/c1-13-7-9-15(10-8-13)25(22,23)20-17-6-4-5-16(14(17)2)18(21)19-11-12-24-3/h4-10,20H,11-12H2,1-3H3,(H,19,21). The molecule has 0 unspecified atom stereocenters. The number of ether oxygens (including phenoxy) is 1. The monoisotopic (exact) mass is 362 g/mol. The van der Waals surface area contributed by atoms with Crippen molar-refractivity contribution in [2.24, 2.45) is 0 Å². The molecule has 1 amide bonds. The molecule has 25 heavy (non-hydrogen) atoms. The van der Waals surface area contributed by atoms with Gasteiger partial charge in [-0.05, 0) is 43.7 Å². The van der Waals surface area contributed by atoms with Crippen LogP contribution in [0.2, 0.25) is 0 Å². The van der Waals surface area contributed by atoms with E-state index in [-0.39, 0.29) is 10.8 Å². The number of carbonyl (C=O) groups is 1. The van der Waals surface area contributed by atoms with Crippen LogP contribution in [0.3, 0.4) is 0 Å². The number of benzene rings is 2. The van der Waals surface area contributed by atoms with Crippen LogP contribution in [0, 0.1) is 13.8 Å². The fraction of sp³-hybridized carbons (Fsp3) is 0.278. The first-order chi connectivity index (χ1) is 11.8. The molecule has 2 aromatic rings. The van der Waals surface area contributed by atoms with Crippen LogP contribution in [-0.4, -0.2) is 34.6 Å². The predicted molar refractivity (Wildman–Crippen MR) is 97.4 cm³/mol. The summed E-state index contributed by atoms with van der Waals surface area (Å²) in [5, 5.41) is 2.73. The van der Waals surface area contributed by atoms with Crippen LogP contribution in [0.15, 0.2) is 47.4 Å². The minimum absolute atomic E-state index is 0.174. The van der Waals surface area contributed by atoms with E-state index in [9.17, 15) is 13.2 Å². The number of hydrogen-bond donors (Lipinski definition) is 2. The number of nitrogens with one attached hydrogen (secondary N) is 2. The third-order valence-corrected chi connectivity index (χ3v) is 5.13. The van der Waals surface area contributed by atoms with Crippen LogP contribution in [0.1, 0.15) is 21.5 Å². The minimum atomic E-state index is -3.72. The highest BCUT2D eigenvalue weighted by Gasteiger charge is 2.17. The molecular weight excluding hydrogens is 340 g/mol. The molecule has 0 saturated heterocycles. The van der Waals surface area contributed by atoms with Gasteiger partial charge < -0.3 is 10.1 Å². The molecule has 0 fully saturated rings. The van der Waals surface area contributed by atoms with Gasteiger partial charge in [0.1, 0.15) is 0 Å². The molecular formula is C18H22N2O4S. The maximum Gasteiger partial charge on any atom is 0.261 e. The van der Waals surface area contributed by atoms with Gasteiger partial charge in [-0.2, -0.15) is 0 Å². The van der Waals surface area contributed by atoms with Gasteiger partial charge in [-0.1, -0.05) is 23.8 Å². The number of amides is 1. The van der Waals surface area contributed by atoms with E-state index in [0.717, 1.165) is 5.56 Å². The number of aryl methyl sites for hydroxylation is 1. The molecule has 0 bridgehead atoms. The van der Waals surface area contributed by atoms with Crippen molar-refractivity contribution in [1.29, 1.82) is 0 Å². The van der Waals surface area contributed by atoms with Crippen molar-refractivity contribution in [2.45, 2.75) is 18.7 Å². The second-order valence-electron chi connectivity index (χ2n) is 5.65. The SMILES string of the molecule is COCCNC(=O)c1cccc(NS(=O)(=O)c2ccc(C)cc2)c1C. The summed E-state index contributed by atoms with van der Waals surface area (Å²) >= 11 is 0. The summed E-state index contributed by atoms with van der Waals surface area (Å²) in [5.41, 5.74) is 2.33. The van der Waals surface area contributed by atoms with E-state index in [1.807, 2.05) is 6.92 Å². The minimum Gasteiger partial charge on any atom is -0.383 e. The van der Waals surface area contributed by atoms with E-state index in [0.29, 0.717) is 30.0 Å². The van der Waals surface area contributed by atoms with Gasteiger partial charge in [-0.15, -0.1) is 0 Å². The lowest BCUT2D eigenvalue weighted by Crippen LogP contribution is -2.27. The first kappa shape index (κ1) is 19.0. The van der Waals surface area contributed by atoms with Crippen LogP contribution in [0.25, 0.3) is 0 Å². The molecule has 0 aliphatic carbocycles. The Balaban J connectivity index is 2.24. The summed E-state index contributed by atoms with van der Waals surface area (Å²) in [4.78, 5) is 12.4. The Morgan fingerprint density at radius 3 is 2.40 bits per heavy atom. The molecule has 0 radical (unpaired) electrons. The largest absolute Gasteiger partial charge is 0.383 e. The third-order valence-electron chi connectivity index (χ3n) is 3.75. The molecule has 0 aromatic heterocycles. The summed E-state index contributed by atoms with van der Waals surface area (Å²) in [7, 11) is -2.16. The molecule has 0 heterocycles. The summed E-state index contributed by atoms with van der Waals surface area (Å²) in [6.07, 6.45) is 0. The van der Waals surface area contributed by atoms with E-state index in [1.54, 1.807) is 56.5 Å². The average Bonchev–Trinajstić information content (AvgIpc) is 2.57. The predicted octanol–water partition coefficient (Wildman–Crippen LogP) is 2.48. The lowest BCUT2D eigenvalue weighted by Gasteiger charge is -2.14. The van der Waals surface area contributed by atoms with E-state index in [1.165, 1.54) is 0 Å². The van der Waals surface area contributed by atoms with Crippen LogP contribution in [0.5, 0.6) is 0 Å². The van der Waals surface area contributed by atoms with Crippen LogP contribution in [-0.2, 0) is 14.8 Å². The van der Waals surface area contributed by atoms with Gasteiger partial charge in [0.25, 0.3) is 15.9 Å².